The van der Waals surface area contributed by atoms with Gasteiger partial charge in [0.25, 0.3) is 0 Å². The summed E-state index contributed by atoms with van der Waals surface area (Å²) in [5, 5.41) is 10.5. The Balaban J connectivity index is 1.18. The lowest BCUT2D eigenvalue weighted by Gasteiger charge is -2.35. The van der Waals surface area contributed by atoms with E-state index in [-0.39, 0.29) is 24.2 Å². The third-order valence-corrected chi connectivity index (χ3v) is 10.9. The van der Waals surface area contributed by atoms with Crippen molar-refractivity contribution >= 4 is 29.0 Å². The summed E-state index contributed by atoms with van der Waals surface area (Å²) < 4.78 is 5.40. The minimum Gasteiger partial charge on any atom is -0.495 e. The highest BCUT2D eigenvalue weighted by Crippen LogP contribution is 2.44. The van der Waals surface area contributed by atoms with E-state index in [9.17, 15) is 14.7 Å². The molecule has 0 bridgehead atoms. The molecule has 9 heteroatoms. The largest absolute Gasteiger partial charge is 0.495 e. The number of aryl methyl sites for hydroxylation is 1. The zero-order chi connectivity index (χ0) is 29.9. The monoisotopic (exact) mass is 602 g/mol. The second-order valence-corrected chi connectivity index (χ2v) is 13.8. The number of carboxylic acid groups (broad SMARTS) is 1. The van der Waals surface area contributed by atoms with E-state index in [1.54, 1.807) is 18.4 Å². The first-order valence-electron chi connectivity index (χ1n) is 15.8. The van der Waals surface area contributed by atoms with Crippen LogP contribution in [0.5, 0.6) is 5.75 Å². The molecule has 1 N–H and O–H groups in total. The number of rotatable bonds is 10. The van der Waals surface area contributed by atoms with Gasteiger partial charge in [-0.25, -0.2) is 9.97 Å². The van der Waals surface area contributed by atoms with E-state index in [0.717, 1.165) is 78.9 Å². The Morgan fingerprint density at radius 3 is 2.35 bits per heavy atom. The Hall–Kier alpha value is -3.33. The summed E-state index contributed by atoms with van der Waals surface area (Å²) in [5.41, 5.74) is 3.11. The molecule has 228 valence electrons. The van der Waals surface area contributed by atoms with Crippen LogP contribution in [-0.4, -0.2) is 45.6 Å². The second-order valence-electron chi connectivity index (χ2n) is 12.7. The van der Waals surface area contributed by atoms with Crippen molar-refractivity contribution in [3.63, 3.8) is 0 Å². The van der Waals surface area contributed by atoms with Gasteiger partial charge in [-0.1, -0.05) is 0 Å². The number of hydrogen-bond acceptors (Lipinski definition) is 7. The number of carboxylic acids is 1. The van der Waals surface area contributed by atoms with E-state index in [0.29, 0.717) is 30.1 Å². The summed E-state index contributed by atoms with van der Waals surface area (Å²) in [4.78, 5) is 42.7. The van der Waals surface area contributed by atoms with Crippen molar-refractivity contribution in [2.75, 3.05) is 18.6 Å². The van der Waals surface area contributed by atoms with Gasteiger partial charge in [0.2, 0.25) is 5.91 Å². The van der Waals surface area contributed by atoms with E-state index >= 15 is 0 Å². The van der Waals surface area contributed by atoms with Crippen LogP contribution in [0.15, 0.2) is 36.7 Å². The van der Waals surface area contributed by atoms with E-state index < -0.39 is 5.97 Å². The zero-order valence-electron chi connectivity index (χ0n) is 25.2. The van der Waals surface area contributed by atoms with E-state index in [2.05, 4.69) is 17.1 Å². The molecule has 0 spiro atoms. The molecule has 0 radical (unpaired) electrons. The molecule has 3 saturated carbocycles. The van der Waals surface area contributed by atoms with Crippen molar-refractivity contribution in [3.05, 3.63) is 53.1 Å². The molecule has 3 heterocycles. The normalized spacial score (nSPS) is 24.0. The van der Waals surface area contributed by atoms with Gasteiger partial charge in [-0.3, -0.25) is 19.5 Å². The van der Waals surface area contributed by atoms with Crippen molar-refractivity contribution in [1.82, 2.24) is 15.0 Å². The number of anilines is 1. The molecule has 3 fully saturated rings. The summed E-state index contributed by atoms with van der Waals surface area (Å²) in [5.74, 6) is 2.41. The Labute approximate surface area is 257 Å². The van der Waals surface area contributed by atoms with Crippen molar-refractivity contribution < 1.29 is 19.4 Å². The van der Waals surface area contributed by atoms with Crippen molar-refractivity contribution in [1.29, 1.82) is 0 Å². The molecular weight excluding hydrogens is 560 g/mol. The molecule has 8 nitrogen and oxygen atoms in total. The zero-order valence-corrected chi connectivity index (χ0v) is 26.0. The first-order valence-corrected chi connectivity index (χ1v) is 16.7. The standard InChI is InChI=1S/C34H42N4O4S/c1-21-29(42-2)14-13-28(37-21)24-7-5-23(6-8-24)20-38(34(41)26-9-3-22(4-10-26)17-32(39)40)31-18-27(15-16-35-31)30-19-36-33(43-30)25-11-12-25/h13-16,18-19,22-26H,3-12,17,20H2,1-2H3,(H,39,40)/t22-,23-,24-,26-. The lowest BCUT2D eigenvalue weighted by atomic mass is 9.78. The molecular formula is C34H42N4O4S. The summed E-state index contributed by atoms with van der Waals surface area (Å²) in [6, 6.07) is 8.19. The predicted octanol–water partition coefficient (Wildman–Crippen LogP) is 7.38. The van der Waals surface area contributed by atoms with Crippen LogP contribution >= 0.6 is 11.3 Å². The highest BCUT2D eigenvalue weighted by atomic mass is 32.1. The van der Waals surface area contributed by atoms with Crippen LogP contribution in [0.2, 0.25) is 0 Å². The molecule has 0 unspecified atom stereocenters. The maximum atomic E-state index is 14.2. The number of ether oxygens (including phenoxy) is 1. The molecule has 1 amide bonds. The van der Waals surface area contributed by atoms with Crippen LogP contribution in [0.4, 0.5) is 5.82 Å². The maximum absolute atomic E-state index is 14.2. The number of aromatic nitrogens is 3. The average Bonchev–Trinajstić information content (AvgIpc) is 3.76. The van der Waals surface area contributed by atoms with E-state index in [4.69, 9.17) is 14.7 Å². The maximum Gasteiger partial charge on any atom is 0.303 e. The molecule has 6 rings (SSSR count). The van der Waals surface area contributed by atoms with Crippen LogP contribution in [0, 0.1) is 24.7 Å². The van der Waals surface area contributed by atoms with Gasteiger partial charge >= 0.3 is 5.97 Å². The van der Waals surface area contributed by atoms with Crippen molar-refractivity contribution in [3.8, 4) is 16.2 Å². The molecule has 0 aliphatic heterocycles. The SMILES string of the molecule is COc1ccc([C@H]2CC[C@H](CN(c3cc(-c4cnc(C5CC5)s4)ccn3)C(=O)[C@H]3CC[C@H](CC(=O)O)CC3)CC2)nc1C. The topological polar surface area (TPSA) is 106 Å². The number of carbonyl (C=O) groups is 2. The van der Waals surface area contributed by atoms with Crippen LogP contribution in [0.3, 0.4) is 0 Å². The number of amides is 1. The number of hydrogen-bond donors (Lipinski definition) is 1. The number of nitrogens with zero attached hydrogens (tertiary/aromatic N) is 4. The molecule has 3 aliphatic rings. The van der Waals surface area contributed by atoms with E-state index in [1.807, 2.05) is 36.4 Å². The van der Waals surface area contributed by atoms with Crippen LogP contribution in [0.25, 0.3) is 10.4 Å². The molecule has 3 aromatic heterocycles. The Bertz CT molecular complexity index is 1440. The first kappa shape index (κ1) is 29.7. The molecule has 3 aliphatic carbocycles. The fourth-order valence-corrected chi connectivity index (χ4v) is 8.03. The third-order valence-electron chi connectivity index (χ3n) is 9.67. The number of methoxy groups -OCH3 is 1. The van der Waals surface area contributed by atoms with E-state index in [1.165, 1.54) is 17.8 Å². The Morgan fingerprint density at radius 1 is 0.953 bits per heavy atom. The summed E-state index contributed by atoms with van der Waals surface area (Å²) in [6.07, 6.45) is 13.6. The fourth-order valence-electron chi connectivity index (χ4n) is 6.95. The minimum absolute atomic E-state index is 0.0943. The second kappa shape index (κ2) is 13.1. The van der Waals surface area contributed by atoms with Crippen molar-refractivity contribution in [2.24, 2.45) is 17.8 Å². The minimum atomic E-state index is -0.749. The Morgan fingerprint density at radius 2 is 1.67 bits per heavy atom. The van der Waals surface area contributed by atoms with Crippen LogP contribution < -0.4 is 9.64 Å². The molecule has 3 aromatic rings. The van der Waals surface area contributed by atoms with Gasteiger partial charge in [-0.05, 0) is 113 Å². The van der Waals surface area contributed by atoms with Crippen LogP contribution in [0.1, 0.15) is 98.9 Å². The van der Waals surface area contributed by atoms with Gasteiger partial charge in [0.1, 0.15) is 11.6 Å². The third kappa shape index (κ3) is 7.08. The molecule has 0 saturated heterocycles. The van der Waals surface area contributed by atoms with Gasteiger partial charge < -0.3 is 9.84 Å². The van der Waals surface area contributed by atoms with Crippen molar-refractivity contribution in [2.45, 2.75) is 89.4 Å². The summed E-state index contributed by atoms with van der Waals surface area (Å²) >= 11 is 1.75. The Kier molecular flexibility index (Phi) is 9.07. The quantitative estimate of drug-likeness (QED) is 0.258. The molecule has 0 aromatic carbocycles. The van der Waals surface area contributed by atoms with Crippen LogP contribution in [-0.2, 0) is 9.59 Å². The van der Waals surface area contributed by atoms with Gasteiger partial charge in [0.15, 0.2) is 0 Å². The van der Waals surface area contributed by atoms with Gasteiger partial charge in [0, 0.05) is 48.8 Å². The number of thiazole rings is 1. The molecule has 0 atom stereocenters. The highest BCUT2D eigenvalue weighted by Gasteiger charge is 2.34. The van der Waals surface area contributed by atoms with Gasteiger partial charge in [-0.15, -0.1) is 11.3 Å². The lowest BCUT2D eigenvalue weighted by Crippen LogP contribution is -2.42. The number of pyridine rings is 2. The first-order chi connectivity index (χ1) is 20.9. The average molecular weight is 603 g/mol. The highest BCUT2D eigenvalue weighted by molar-refractivity contribution is 7.15. The lowest BCUT2D eigenvalue weighted by molar-refractivity contribution is -0.138. The predicted molar refractivity (Wildman–Crippen MR) is 168 cm³/mol. The van der Waals surface area contributed by atoms with Gasteiger partial charge in [-0.2, -0.15) is 0 Å². The smallest absolute Gasteiger partial charge is 0.303 e. The summed E-state index contributed by atoms with van der Waals surface area (Å²) in [6.45, 7) is 2.65. The van der Waals surface area contributed by atoms with Gasteiger partial charge in [0.05, 0.1) is 22.7 Å². The number of aliphatic carboxylic acids is 1. The summed E-state index contributed by atoms with van der Waals surface area (Å²) in [7, 11) is 1.68. The fraction of sp³-hybridized carbons (Fsp3) is 0.559. The number of carbonyl (C=O) groups excluding carboxylic acids is 1. The molecule has 43 heavy (non-hydrogen) atoms.